The molecule has 0 radical (unpaired) electrons. The number of nitrogens with zero attached hydrogens (tertiary/aromatic N) is 1. The van der Waals surface area contributed by atoms with Crippen molar-refractivity contribution < 1.29 is 0 Å². The van der Waals surface area contributed by atoms with E-state index in [0.29, 0.717) is 17.5 Å². The fraction of sp³-hybridized carbons (Fsp3) is 1.00. The fourth-order valence-electron chi connectivity index (χ4n) is 1.61. The second-order valence-corrected chi connectivity index (χ2v) is 5.52. The van der Waals surface area contributed by atoms with Gasteiger partial charge in [-0.05, 0) is 32.7 Å². The smallest absolute Gasteiger partial charge is 0.0218 e. The van der Waals surface area contributed by atoms with Gasteiger partial charge in [0.1, 0.15) is 0 Å². The Morgan fingerprint density at radius 1 is 1.21 bits per heavy atom. The van der Waals surface area contributed by atoms with Crippen molar-refractivity contribution >= 4 is 0 Å². The van der Waals surface area contributed by atoms with Crippen molar-refractivity contribution in [2.45, 2.75) is 66.1 Å². The van der Waals surface area contributed by atoms with Crippen LogP contribution in [0.1, 0.15) is 48.0 Å². The molecule has 0 saturated heterocycles. The summed E-state index contributed by atoms with van der Waals surface area (Å²) in [5.74, 6) is 0. The van der Waals surface area contributed by atoms with Crippen LogP contribution in [0.4, 0.5) is 0 Å². The standard InChI is InChI=1S/C12H28N2/c1-8-11(13)9(2)14(7)10(3)12(4,5)6/h9-11H,8,13H2,1-7H3. The molecule has 0 fully saturated rings. The molecule has 0 aliphatic heterocycles. The monoisotopic (exact) mass is 200 g/mol. The maximum Gasteiger partial charge on any atom is 0.0218 e. The maximum atomic E-state index is 6.06. The number of nitrogens with two attached hydrogens (primary N) is 1. The Bertz CT molecular complexity index is 160. The normalized spacial score (nSPS) is 19.5. The predicted octanol–water partition coefficient (Wildman–Crippen LogP) is 2.48. The van der Waals surface area contributed by atoms with Gasteiger partial charge < -0.3 is 5.73 Å². The summed E-state index contributed by atoms with van der Waals surface area (Å²) in [6.07, 6.45) is 1.04. The first-order chi connectivity index (χ1) is 6.21. The molecule has 0 aromatic heterocycles. The van der Waals surface area contributed by atoms with Crippen molar-refractivity contribution in [2.24, 2.45) is 11.1 Å². The molecular formula is C12H28N2. The van der Waals surface area contributed by atoms with Gasteiger partial charge in [0, 0.05) is 18.1 Å². The predicted molar refractivity (Wildman–Crippen MR) is 64.4 cm³/mol. The molecule has 0 aliphatic carbocycles. The quantitative estimate of drug-likeness (QED) is 0.755. The van der Waals surface area contributed by atoms with Crippen molar-refractivity contribution in [3.05, 3.63) is 0 Å². The first-order valence-electron chi connectivity index (χ1n) is 5.69. The van der Waals surface area contributed by atoms with Crippen LogP contribution in [0.2, 0.25) is 0 Å². The zero-order valence-electron chi connectivity index (χ0n) is 11.0. The molecule has 0 aromatic carbocycles. The van der Waals surface area contributed by atoms with E-state index in [9.17, 15) is 0 Å². The number of hydrogen-bond donors (Lipinski definition) is 1. The van der Waals surface area contributed by atoms with Crippen LogP contribution in [0, 0.1) is 5.41 Å². The van der Waals surface area contributed by atoms with E-state index < -0.39 is 0 Å². The summed E-state index contributed by atoms with van der Waals surface area (Å²) in [6.45, 7) is 13.5. The molecule has 0 bridgehead atoms. The van der Waals surface area contributed by atoms with Crippen LogP contribution in [0.3, 0.4) is 0 Å². The molecule has 0 saturated carbocycles. The Morgan fingerprint density at radius 3 is 1.93 bits per heavy atom. The van der Waals surface area contributed by atoms with Gasteiger partial charge in [0.05, 0.1) is 0 Å². The maximum absolute atomic E-state index is 6.06. The highest BCUT2D eigenvalue weighted by molar-refractivity contribution is 4.84. The van der Waals surface area contributed by atoms with Gasteiger partial charge in [-0.15, -0.1) is 0 Å². The van der Waals surface area contributed by atoms with E-state index in [1.165, 1.54) is 0 Å². The zero-order chi connectivity index (χ0) is 11.5. The largest absolute Gasteiger partial charge is 0.326 e. The molecule has 2 nitrogen and oxygen atoms in total. The molecule has 0 amide bonds. The van der Waals surface area contributed by atoms with Gasteiger partial charge in [-0.1, -0.05) is 27.7 Å². The molecular weight excluding hydrogens is 172 g/mol. The molecule has 0 aromatic rings. The summed E-state index contributed by atoms with van der Waals surface area (Å²) in [5, 5.41) is 0. The summed E-state index contributed by atoms with van der Waals surface area (Å²) in [5.41, 5.74) is 6.37. The number of hydrogen-bond acceptors (Lipinski definition) is 2. The Morgan fingerprint density at radius 2 is 1.64 bits per heavy atom. The van der Waals surface area contributed by atoms with E-state index in [-0.39, 0.29) is 6.04 Å². The lowest BCUT2D eigenvalue weighted by Gasteiger charge is -2.40. The van der Waals surface area contributed by atoms with E-state index in [1.807, 2.05) is 0 Å². The minimum absolute atomic E-state index is 0.282. The lowest BCUT2D eigenvalue weighted by molar-refractivity contribution is 0.0917. The van der Waals surface area contributed by atoms with Gasteiger partial charge in [-0.2, -0.15) is 0 Å². The Kier molecular flexibility index (Phi) is 5.10. The summed E-state index contributed by atoms with van der Waals surface area (Å²) >= 11 is 0. The van der Waals surface area contributed by atoms with E-state index in [0.717, 1.165) is 6.42 Å². The van der Waals surface area contributed by atoms with Crippen molar-refractivity contribution in [1.82, 2.24) is 4.90 Å². The third kappa shape index (κ3) is 3.58. The van der Waals surface area contributed by atoms with Crippen LogP contribution in [0.25, 0.3) is 0 Å². The summed E-state index contributed by atoms with van der Waals surface area (Å²) in [4.78, 5) is 2.40. The molecule has 2 N–H and O–H groups in total. The highest BCUT2D eigenvalue weighted by Crippen LogP contribution is 2.24. The Labute approximate surface area is 89.9 Å². The molecule has 86 valence electrons. The molecule has 2 heteroatoms. The molecule has 14 heavy (non-hydrogen) atoms. The van der Waals surface area contributed by atoms with E-state index >= 15 is 0 Å². The summed E-state index contributed by atoms with van der Waals surface area (Å²) in [6, 6.07) is 1.29. The minimum atomic E-state index is 0.282. The van der Waals surface area contributed by atoms with Gasteiger partial charge in [0.25, 0.3) is 0 Å². The fourth-order valence-corrected chi connectivity index (χ4v) is 1.61. The van der Waals surface area contributed by atoms with Gasteiger partial charge >= 0.3 is 0 Å². The van der Waals surface area contributed by atoms with E-state index in [4.69, 9.17) is 5.73 Å². The van der Waals surface area contributed by atoms with Crippen molar-refractivity contribution in [3.8, 4) is 0 Å². The highest BCUT2D eigenvalue weighted by atomic mass is 15.2. The molecule has 3 unspecified atom stereocenters. The molecule has 0 rings (SSSR count). The van der Waals surface area contributed by atoms with Gasteiger partial charge in [0.2, 0.25) is 0 Å². The van der Waals surface area contributed by atoms with Crippen LogP contribution in [0.15, 0.2) is 0 Å². The second kappa shape index (κ2) is 5.13. The minimum Gasteiger partial charge on any atom is -0.326 e. The van der Waals surface area contributed by atoms with Gasteiger partial charge in [-0.25, -0.2) is 0 Å². The lowest BCUT2D eigenvalue weighted by atomic mass is 9.86. The zero-order valence-corrected chi connectivity index (χ0v) is 11.0. The number of rotatable bonds is 4. The topological polar surface area (TPSA) is 29.3 Å². The average molecular weight is 200 g/mol. The molecule has 0 spiro atoms. The highest BCUT2D eigenvalue weighted by Gasteiger charge is 2.28. The molecule has 3 atom stereocenters. The lowest BCUT2D eigenvalue weighted by Crippen LogP contribution is -2.51. The number of likely N-dealkylation sites (N-methyl/N-ethyl adjacent to an activating group) is 1. The second-order valence-electron chi connectivity index (χ2n) is 5.52. The van der Waals surface area contributed by atoms with Gasteiger partial charge in [0.15, 0.2) is 0 Å². The third-order valence-corrected chi connectivity index (χ3v) is 3.60. The summed E-state index contributed by atoms with van der Waals surface area (Å²) in [7, 11) is 2.18. The van der Waals surface area contributed by atoms with Crippen molar-refractivity contribution in [1.29, 1.82) is 0 Å². The van der Waals surface area contributed by atoms with Gasteiger partial charge in [-0.3, -0.25) is 4.90 Å². The Balaban J connectivity index is 4.38. The van der Waals surface area contributed by atoms with Crippen LogP contribution in [-0.2, 0) is 0 Å². The van der Waals surface area contributed by atoms with Crippen LogP contribution >= 0.6 is 0 Å². The van der Waals surface area contributed by atoms with E-state index in [2.05, 4.69) is 53.5 Å². The van der Waals surface area contributed by atoms with Crippen molar-refractivity contribution in [2.75, 3.05) is 7.05 Å². The molecule has 0 heterocycles. The SMILES string of the molecule is CCC(N)C(C)N(C)C(C)C(C)(C)C. The van der Waals surface area contributed by atoms with Crippen LogP contribution in [-0.4, -0.2) is 30.1 Å². The van der Waals surface area contributed by atoms with E-state index in [1.54, 1.807) is 0 Å². The summed E-state index contributed by atoms with van der Waals surface area (Å²) < 4.78 is 0. The average Bonchev–Trinajstić information content (AvgIpc) is 2.11. The molecule has 0 aliphatic rings. The Hall–Kier alpha value is -0.0800. The van der Waals surface area contributed by atoms with Crippen molar-refractivity contribution in [3.63, 3.8) is 0 Å². The third-order valence-electron chi connectivity index (χ3n) is 3.60. The van der Waals surface area contributed by atoms with Crippen LogP contribution < -0.4 is 5.73 Å². The first-order valence-corrected chi connectivity index (χ1v) is 5.69. The van der Waals surface area contributed by atoms with Crippen LogP contribution in [0.5, 0.6) is 0 Å². The first kappa shape index (κ1) is 13.9.